The highest BCUT2D eigenvalue weighted by Crippen LogP contribution is 2.26. The average Bonchev–Trinajstić information content (AvgIpc) is 2.65. The first kappa shape index (κ1) is 10.6. The van der Waals surface area contributed by atoms with Crippen molar-refractivity contribution >= 4 is 22.7 Å². The smallest absolute Gasteiger partial charge is 0.318 e. The van der Waals surface area contributed by atoms with Crippen LogP contribution in [0.2, 0.25) is 0 Å². The minimum atomic E-state index is -0.663. The van der Waals surface area contributed by atoms with Crippen LogP contribution in [-0.4, -0.2) is 15.5 Å². The first-order chi connectivity index (χ1) is 7.66. The Kier molecular flexibility index (Phi) is 2.87. The Morgan fingerprint density at radius 2 is 2.19 bits per heavy atom. The number of carbonyl (C=O) groups excluding carboxylic acids is 1. The summed E-state index contributed by atoms with van der Waals surface area (Å²) in [7, 11) is 0. The van der Waals surface area contributed by atoms with Gasteiger partial charge < -0.3 is 9.84 Å². The van der Waals surface area contributed by atoms with E-state index in [2.05, 4.69) is 15.5 Å². The number of carbonyl (C=O) groups is 1. The van der Waals surface area contributed by atoms with E-state index in [0.29, 0.717) is 23.0 Å². The molecule has 16 heavy (non-hydrogen) atoms. The van der Waals surface area contributed by atoms with Crippen LogP contribution in [0.4, 0.5) is 10.5 Å². The fourth-order valence-electron chi connectivity index (χ4n) is 1.29. The molecule has 82 valence electrons. The Morgan fingerprint density at radius 1 is 1.44 bits per heavy atom. The van der Waals surface area contributed by atoms with Crippen molar-refractivity contribution in [3.63, 3.8) is 0 Å². The highest BCUT2D eigenvalue weighted by atomic mass is 35.5. The Balaban J connectivity index is 2.43. The lowest BCUT2D eigenvalue weighted by molar-refractivity contribution is 0.269. The molecule has 0 atom stereocenters. The molecule has 1 heterocycles. The molecule has 5 nitrogen and oxygen atoms in total. The van der Waals surface area contributed by atoms with E-state index in [1.807, 2.05) is 0 Å². The van der Waals surface area contributed by atoms with Crippen LogP contribution in [0, 0.1) is 6.92 Å². The number of halogens is 1. The summed E-state index contributed by atoms with van der Waals surface area (Å²) in [6.07, 6.45) is 0. The van der Waals surface area contributed by atoms with E-state index in [1.54, 1.807) is 31.2 Å². The molecule has 0 aliphatic heterocycles. The molecule has 1 amide bonds. The van der Waals surface area contributed by atoms with Crippen molar-refractivity contribution in [2.75, 3.05) is 5.32 Å². The number of aromatic nitrogens is 2. The Hall–Kier alpha value is -1.88. The predicted molar refractivity (Wildman–Crippen MR) is 59.3 cm³/mol. The van der Waals surface area contributed by atoms with Gasteiger partial charge in [0.25, 0.3) is 5.89 Å². The van der Waals surface area contributed by atoms with Crippen molar-refractivity contribution in [3.8, 4) is 11.5 Å². The summed E-state index contributed by atoms with van der Waals surface area (Å²) < 4.78 is 5.02. The van der Waals surface area contributed by atoms with E-state index in [-0.39, 0.29) is 0 Å². The molecule has 0 aliphatic rings. The number of aryl methyl sites for hydroxylation is 1. The van der Waals surface area contributed by atoms with Gasteiger partial charge in [-0.15, -0.1) is 0 Å². The zero-order valence-electron chi connectivity index (χ0n) is 8.40. The topological polar surface area (TPSA) is 68.0 Å². The van der Waals surface area contributed by atoms with Gasteiger partial charge in [-0.2, -0.15) is 4.98 Å². The lowest BCUT2D eigenvalue weighted by Crippen LogP contribution is -2.02. The number of hydrogen-bond acceptors (Lipinski definition) is 4. The Labute approximate surface area is 96.4 Å². The second-order valence-electron chi connectivity index (χ2n) is 3.09. The average molecular weight is 238 g/mol. The lowest BCUT2D eigenvalue weighted by Gasteiger charge is -2.04. The van der Waals surface area contributed by atoms with Gasteiger partial charge in [-0.1, -0.05) is 17.3 Å². The van der Waals surface area contributed by atoms with Crippen molar-refractivity contribution in [3.05, 3.63) is 30.1 Å². The summed E-state index contributed by atoms with van der Waals surface area (Å²) in [4.78, 5) is 14.9. The molecule has 0 spiro atoms. The molecular formula is C10H8ClN3O2. The van der Waals surface area contributed by atoms with Gasteiger partial charge in [0.05, 0.1) is 11.3 Å². The lowest BCUT2D eigenvalue weighted by atomic mass is 10.2. The molecule has 2 aromatic rings. The molecule has 6 heteroatoms. The Morgan fingerprint density at radius 3 is 2.81 bits per heavy atom. The van der Waals surface area contributed by atoms with Crippen molar-refractivity contribution in [2.24, 2.45) is 0 Å². The van der Waals surface area contributed by atoms with Crippen molar-refractivity contribution < 1.29 is 9.32 Å². The maximum atomic E-state index is 10.8. The van der Waals surface area contributed by atoms with Gasteiger partial charge >= 0.3 is 5.37 Å². The van der Waals surface area contributed by atoms with E-state index in [0.717, 1.165) is 0 Å². The maximum Gasteiger partial charge on any atom is 0.318 e. The van der Waals surface area contributed by atoms with Gasteiger partial charge in [0.1, 0.15) is 0 Å². The van der Waals surface area contributed by atoms with Crippen LogP contribution >= 0.6 is 11.6 Å². The second kappa shape index (κ2) is 4.32. The number of hydrogen-bond donors (Lipinski definition) is 1. The van der Waals surface area contributed by atoms with Crippen molar-refractivity contribution in [2.45, 2.75) is 6.92 Å². The largest absolute Gasteiger partial charge is 0.334 e. The number of rotatable bonds is 2. The van der Waals surface area contributed by atoms with Gasteiger partial charge in [-0.05, 0) is 30.7 Å². The van der Waals surface area contributed by atoms with Crippen LogP contribution in [0.3, 0.4) is 0 Å². The summed E-state index contributed by atoms with van der Waals surface area (Å²) in [6.45, 7) is 1.72. The fourth-order valence-corrected chi connectivity index (χ4v) is 1.39. The molecule has 0 saturated heterocycles. The molecule has 0 bridgehead atoms. The molecule has 1 aromatic carbocycles. The van der Waals surface area contributed by atoms with E-state index in [1.165, 1.54) is 0 Å². The van der Waals surface area contributed by atoms with E-state index < -0.39 is 5.37 Å². The molecule has 0 saturated carbocycles. The van der Waals surface area contributed by atoms with Crippen LogP contribution in [0.5, 0.6) is 0 Å². The van der Waals surface area contributed by atoms with Gasteiger partial charge in [-0.25, -0.2) is 0 Å². The number of nitrogens with one attached hydrogen (secondary N) is 1. The minimum Gasteiger partial charge on any atom is -0.334 e. The summed E-state index contributed by atoms with van der Waals surface area (Å²) in [6, 6.07) is 7.04. The fraction of sp³-hybridized carbons (Fsp3) is 0.100. The normalized spacial score (nSPS) is 10.1. The van der Waals surface area contributed by atoms with Crippen molar-refractivity contribution in [1.82, 2.24) is 10.1 Å². The van der Waals surface area contributed by atoms with Crippen molar-refractivity contribution in [1.29, 1.82) is 0 Å². The zero-order chi connectivity index (χ0) is 11.5. The standard InChI is InChI=1S/C10H8ClN3O2/c1-6-12-9(16-14-6)7-4-2-3-5-8(7)13-10(11)15/h2-5H,1H3,(H,13,15). The first-order valence-corrected chi connectivity index (χ1v) is 4.91. The molecule has 1 aromatic heterocycles. The van der Waals surface area contributed by atoms with Gasteiger partial charge in [0.2, 0.25) is 0 Å². The minimum absolute atomic E-state index is 0.346. The molecule has 0 radical (unpaired) electrons. The maximum absolute atomic E-state index is 10.8. The van der Waals surface area contributed by atoms with Crippen LogP contribution in [0.1, 0.15) is 5.82 Å². The number of benzene rings is 1. The van der Waals surface area contributed by atoms with Gasteiger partial charge in [0.15, 0.2) is 5.82 Å². The number of nitrogens with zero attached hydrogens (tertiary/aromatic N) is 2. The second-order valence-corrected chi connectivity index (χ2v) is 3.43. The van der Waals surface area contributed by atoms with Crippen LogP contribution in [-0.2, 0) is 0 Å². The molecule has 0 aliphatic carbocycles. The highest BCUT2D eigenvalue weighted by Gasteiger charge is 2.11. The summed E-state index contributed by atoms with van der Waals surface area (Å²) in [5, 5.41) is 5.50. The van der Waals surface area contributed by atoms with Crippen LogP contribution in [0.25, 0.3) is 11.5 Å². The Bertz CT molecular complexity index is 524. The van der Waals surface area contributed by atoms with Crippen LogP contribution in [0.15, 0.2) is 28.8 Å². The third-order valence-corrected chi connectivity index (χ3v) is 2.01. The molecule has 2 rings (SSSR count). The third-order valence-electron chi connectivity index (χ3n) is 1.92. The zero-order valence-corrected chi connectivity index (χ0v) is 9.15. The molecule has 0 unspecified atom stereocenters. The van der Waals surface area contributed by atoms with E-state index in [9.17, 15) is 4.79 Å². The van der Waals surface area contributed by atoms with E-state index >= 15 is 0 Å². The predicted octanol–water partition coefficient (Wildman–Crippen LogP) is 2.82. The monoisotopic (exact) mass is 237 g/mol. The summed E-state index contributed by atoms with van der Waals surface area (Å²) in [5.74, 6) is 0.875. The molecule has 1 N–H and O–H groups in total. The molecular weight excluding hydrogens is 230 g/mol. The van der Waals surface area contributed by atoms with Gasteiger partial charge in [-0.3, -0.25) is 4.79 Å². The SMILES string of the molecule is Cc1noc(-c2ccccc2NC(=O)Cl)n1. The van der Waals surface area contributed by atoms with E-state index in [4.69, 9.17) is 16.1 Å². The van der Waals surface area contributed by atoms with Crippen LogP contribution < -0.4 is 5.32 Å². The quantitative estimate of drug-likeness (QED) is 0.644. The first-order valence-electron chi connectivity index (χ1n) is 4.53. The summed E-state index contributed by atoms with van der Waals surface area (Å²) >= 11 is 5.26. The third kappa shape index (κ3) is 2.20. The van der Waals surface area contributed by atoms with Gasteiger partial charge in [0, 0.05) is 0 Å². The number of para-hydroxylation sites is 1. The number of anilines is 1. The highest BCUT2D eigenvalue weighted by molar-refractivity contribution is 6.65. The molecule has 0 fully saturated rings. The summed E-state index contributed by atoms with van der Waals surface area (Å²) in [5.41, 5.74) is 1.17. The number of amides is 1.